The van der Waals surface area contributed by atoms with E-state index in [1.165, 1.54) is 6.33 Å². The Balaban J connectivity index is 1.90. The third kappa shape index (κ3) is 2.28. The van der Waals surface area contributed by atoms with E-state index in [4.69, 9.17) is 26.3 Å². The summed E-state index contributed by atoms with van der Waals surface area (Å²) in [5.41, 5.74) is 5.84. The summed E-state index contributed by atoms with van der Waals surface area (Å²) < 4.78 is 6.26. The summed E-state index contributed by atoms with van der Waals surface area (Å²) in [6, 6.07) is 0. The molecule has 12 heteroatoms. The number of aromatic nitrogens is 4. The lowest BCUT2D eigenvalue weighted by molar-refractivity contribution is -0.169. The lowest BCUT2D eigenvalue weighted by Crippen LogP contribution is -2.38. The molecule has 0 spiro atoms. The number of nitrogen functional groups attached to an aromatic ring is 1. The van der Waals surface area contributed by atoms with Gasteiger partial charge in [-0.25, -0.2) is 4.98 Å². The third-order valence-electron chi connectivity index (χ3n) is 3.18. The summed E-state index contributed by atoms with van der Waals surface area (Å²) in [5, 5.41) is 28.5. The van der Waals surface area contributed by atoms with Gasteiger partial charge in [-0.15, -0.1) is 4.73 Å². The molecule has 1 aliphatic rings. The Labute approximate surface area is 122 Å². The summed E-state index contributed by atoms with van der Waals surface area (Å²) in [6.45, 7) is -0.469. The molecular formula is C10H14N6O6. The van der Waals surface area contributed by atoms with Gasteiger partial charge < -0.3 is 35.5 Å². The first-order valence-electron chi connectivity index (χ1n) is 6.22. The molecule has 22 heavy (non-hydrogen) atoms. The first-order valence-corrected chi connectivity index (χ1v) is 6.22. The van der Waals surface area contributed by atoms with Crippen LogP contribution in [0.5, 0.6) is 5.88 Å². The Bertz CT molecular complexity index is 679. The normalized spacial score (nSPS) is 28.2. The fraction of sp³-hybridized carbons (Fsp3) is 0.500. The second-order valence-corrected chi connectivity index (χ2v) is 4.56. The average Bonchev–Trinajstić information content (AvgIpc) is 3.03. The summed E-state index contributed by atoms with van der Waals surface area (Å²) in [4.78, 5) is 21.6. The molecule has 0 aliphatic carbocycles. The summed E-state index contributed by atoms with van der Waals surface area (Å²) >= 11 is 0. The molecule has 0 saturated carbocycles. The van der Waals surface area contributed by atoms with Crippen LogP contribution in [0.1, 0.15) is 0 Å². The van der Waals surface area contributed by atoms with Gasteiger partial charge in [0.2, 0.25) is 11.6 Å². The molecule has 0 radical (unpaired) electrons. The van der Waals surface area contributed by atoms with Crippen molar-refractivity contribution in [1.82, 2.24) is 19.7 Å². The first-order chi connectivity index (χ1) is 10.5. The van der Waals surface area contributed by atoms with Crippen molar-refractivity contribution in [2.24, 2.45) is 5.90 Å². The molecule has 12 nitrogen and oxygen atoms in total. The zero-order chi connectivity index (χ0) is 15.9. The summed E-state index contributed by atoms with van der Waals surface area (Å²) in [5.74, 6) is 4.90. The lowest BCUT2D eigenvalue weighted by Gasteiger charge is -2.16. The van der Waals surface area contributed by atoms with Crippen LogP contribution in [0.3, 0.4) is 0 Å². The average molecular weight is 314 g/mol. The molecule has 2 aromatic rings. The fourth-order valence-corrected chi connectivity index (χ4v) is 2.09. The van der Waals surface area contributed by atoms with Crippen molar-refractivity contribution >= 4 is 17.1 Å². The maximum atomic E-state index is 9.84. The van der Waals surface area contributed by atoms with E-state index in [0.29, 0.717) is 0 Å². The number of rotatable bonds is 4. The van der Waals surface area contributed by atoms with Crippen LogP contribution in [-0.4, -0.2) is 66.2 Å². The molecular weight excluding hydrogens is 300 g/mol. The van der Waals surface area contributed by atoms with Crippen LogP contribution >= 0.6 is 0 Å². The van der Waals surface area contributed by atoms with Crippen molar-refractivity contribution in [1.29, 1.82) is 0 Å². The van der Waals surface area contributed by atoms with Crippen LogP contribution in [0, 0.1) is 0 Å². The highest BCUT2D eigenvalue weighted by molar-refractivity contribution is 5.77. The minimum atomic E-state index is -1.36. The van der Waals surface area contributed by atoms with Gasteiger partial charge in [0, 0.05) is 0 Å². The number of anilines is 1. The monoisotopic (exact) mass is 314 g/mol. The number of hydrogen-bond acceptors (Lipinski definition) is 11. The minimum Gasteiger partial charge on any atom is -0.394 e. The smallest absolute Gasteiger partial charge is 0.270 e. The fourth-order valence-electron chi connectivity index (χ4n) is 2.09. The zero-order valence-corrected chi connectivity index (χ0v) is 11.1. The maximum Gasteiger partial charge on any atom is 0.270 e. The van der Waals surface area contributed by atoms with Crippen molar-refractivity contribution in [2.75, 3.05) is 12.3 Å². The number of aliphatic hydroxyl groups is 3. The molecule has 1 saturated heterocycles. The van der Waals surface area contributed by atoms with Gasteiger partial charge in [-0.1, -0.05) is 0 Å². The molecule has 1 fully saturated rings. The van der Waals surface area contributed by atoms with Crippen molar-refractivity contribution in [2.45, 2.75) is 24.6 Å². The predicted octanol–water partition coefficient (Wildman–Crippen LogP) is -3.47. The topological polar surface area (TPSA) is 184 Å². The highest BCUT2D eigenvalue weighted by Crippen LogP contribution is 2.23. The Morgan fingerprint density at radius 3 is 2.73 bits per heavy atom. The van der Waals surface area contributed by atoms with Crippen LogP contribution in [0.2, 0.25) is 0 Å². The third-order valence-corrected chi connectivity index (χ3v) is 3.18. The van der Waals surface area contributed by atoms with Crippen molar-refractivity contribution in [3.8, 4) is 5.88 Å². The molecule has 7 N–H and O–H groups in total. The second kappa shape index (κ2) is 5.51. The number of aliphatic hydroxyl groups excluding tert-OH is 3. The van der Waals surface area contributed by atoms with Crippen LogP contribution in [-0.2, 0) is 4.74 Å². The number of nitrogens with two attached hydrogens (primary N) is 2. The van der Waals surface area contributed by atoms with E-state index in [1.807, 2.05) is 0 Å². The molecule has 3 rings (SSSR count). The van der Waals surface area contributed by atoms with Gasteiger partial charge in [-0.05, 0) is 0 Å². The second-order valence-electron chi connectivity index (χ2n) is 4.56. The summed E-state index contributed by atoms with van der Waals surface area (Å²) in [6.07, 6.45) is -3.62. The molecule has 3 heterocycles. The number of hydrogen-bond donors (Lipinski definition) is 5. The molecule has 4 unspecified atom stereocenters. The molecule has 120 valence electrons. The van der Waals surface area contributed by atoms with Crippen molar-refractivity contribution < 1.29 is 29.7 Å². The van der Waals surface area contributed by atoms with E-state index in [9.17, 15) is 10.2 Å². The van der Waals surface area contributed by atoms with Gasteiger partial charge in [0.1, 0.15) is 24.6 Å². The molecule has 1 aliphatic heterocycles. The Morgan fingerprint density at radius 1 is 1.32 bits per heavy atom. The first kappa shape index (κ1) is 14.7. The van der Waals surface area contributed by atoms with E-state index >= 15 is 0 Å². The maximum absolute atomic E-state index is 9.84. The van der Waals surface area contributed by atoms with Gasteiger partial charge in [0.25, 0.3) is 12.2 Å². The van der Waals surface area contributed by atoms with E-state index in [1.54, 1.807) is 0 Å². The molecule has 0 amide bonds. The van der Waals surface area contributed by atoms with Crippen LogP contribution in [0.4, 0.5) is 5.95 Å². The van der Waals surface area contributed by atoms with E-state index in [-0.39, 0.29) is 23.0 Å². The lowest BCUT2D eigenvalue weighted by atomic mass is 10.1. The Kier molecular flexibility index (Phi) is 3.67. The Hall–Kier alpha value is -2.25. The minimum absolute atomic E-state index is 0.0500. The predicted molar refractivity (Wildman–Crippen MR) is 68.9 cm³/mol. The zero-order valence-electron chi connectivity index (χ0n) is 11.1. The SMILES string of the molecule is NOc1nc(N)nc2c1ncn2OC1OC(CO)C(O)C1O. The largest absolute Gasteiger partial charge is 0.394 e. The molecule has 4 atom stereocenters. The van der Waals surface area contributed by atoms with Crippen LogP contribution < -0.4 is 21.3 Å². The molecule has 0 bridgehead atoms. The van der Waals surface area contributed by atoms with E-state index in [0.717, 1.165) is 4.73 Å². The quantitative estimate of drug-likeness (QED) is 0.353. The number of imidazole rings is 1. The highest BCUT2D eigenvalue weighted by Gasteiger charge is 2.44. The van der Waals surface area contributed by atoms with Crippen molar-refractivity contribution in [3.63, 3.8) is 0 Å². The van der Waals surface area contributed by atoms with Crippen LogP contribution in [0.25, 0.3) is 11.2 Å². The number of fused-ring (bicyclic) bond motifs is 1. The van der Waals surface area contributed by atoms with Crippen molar-refractivity contribution in [3.05, 3.63) is 6.33 Å². The highest BCUT2D eigenvalue weighted by atomic mass is 16.8. The van der Waals surface area contributed by atoms with Gasteiger partial charge in [-0.3, -0.25) is 0 Å². The van der Waals surface area contributed by atoms with Crippen LogP contribution in [0.15, 0.2) is 6.33 Å². The molecule has 2 aromatic heterocycles. The summed E-state index contributed by atoms with van der Waals surface area (Å²) in [7, 11) is 0. The number of nitrogens with zero attached hydrogens (tertiary/aromatic N) is 4. The van der Waals surface area contributed by atoms with E-state index in [2.05, 4.69) is 19.8 Å². The standard InChI is InChI=1S/C10H14N6O6/c11-10-14-7-4(8(15-10)21-12)13-2-16(7)22-9-6(19)5(18)3(1-17)20-9/h2-3,5-6,9,17-19H,1,12H2,(H2,11,14,15). The van der Waals surface area contributed by atoms with Gasteiger partial charge in [0.05, 0.1) is 6.61 Å². The van der Waals surface area contributed by atoms with Gasteiger partial charge in [0.15, 0.2) is 5.52 Å². The number of ether oxygens (including phenoxy) is 1. The van der Waals surface area contributed by atoms with Gasteiger partial charge in [-0.2, -0.15) is 15.9 Å². The molecule has 0 aromatic carbocycles. The van der Waals surface area contributed by atoms with E-state index < -0.39 is 31.2 Å². The van der Waals surface area contributed by atoms with Gasteiger partial charge >= 0.3 is 0 Å². The Morgan fingerprint density at radius 2 is 2.09 bits per heavy atom.